The van der Waals surface area contributed by atoms with Crippen LogP contribution in [0.2, 0.25) is 0 Å². The maximum absolute atomic E-state index is 12.3. The molecule has 0 atom stereocenters. The van der Waals surface area contributed by atoms with E-state index in [9.17, 15) is 4.79 Å². The lowest BCUT2D eigenvalue weighted by atomic mass is 10.1. The minimum absolute atomic E-state index is 0.0624. The van der Waals surface area contributed by atoms with Gasteiger partial charge >= 0.3 is 0 Å². The molecular weight excluding hydrogens is 360 g/mol. The second kappa shape index (κ2) is 8.68. The van der Waals surface area contributed by atoms with Crippen molar-refractivity contribution in [1.29, 1.82) is 0 Å². The minimum Gasteiger partial charge on any atom is -0.493 e. The number of nitrogens with one attached hydrogen (secondary N) is 1. The highest BCUT2D eigenvalue weighted by atomic mass is 32.1. The Morgan fingerprint density at radius 1 is 1.11 bits per heavy atom. The molecule has 1 amide bonds. The van der Waals surface area contributed by atoms with Gasteiger partial charge in [-0.1, -0.05) is 24.3 Å². The molecule has 0 aliphatic rings. The number of rotatable bonds is 7. The van der Waals surface area contributed by atoms with Gasteiger partial charge in [-0.25, -0.2) is 4.98 Å². The summed E-state index contributed by atoms with van der Waals surface area (Å²) in [5.74, 6) is 1.15. The van der Waals surface area contributed by atoms with Crippen LogP contribution in [0.5, 0.6) is 11.5 Å². The molecule has 1 aromatic heterocycles. The molecule has 0 unspecified atom stereocenters. The summed E-state index contributed by atoms with van der Waals surface area (Å²) >= 11 is 1.61. The molecule has 0 aliphatic heterocycles. The van der Waals surface area contributed by atoms with Crippen molar-refractivity contribution in [3.05, 3.63) is 59.1 Å². The second-order valence-corrected chi connectivity index (χ2v) is 6.93. The topological polar surface area (TPSA) is 60.5 Å². The van der Waals surface area contributed by atoms with Crippen LogP contribution < -0.4 is 14.8 Å². The molecule has 6 heteroatoms. The zero-order valence-corrected chi connectivity index (χ0v) is 16.4. The van der Waals surface area contributed by atoms with Gasteiger partial charge in [0.25, 0.3) is 0 Å². The standard InChI is InChI=1S/C21H22N2O3S/c1-14-6-4-5-7-17(14)21-23-16(13-27-21)9-11-20(24)22-15-8-10-18(25-2)19(12-15)26-3/h4-8,10,12-13H,9,11H2,1-3H3,(H,22,24). The molecule has 1 heterocycles. The average Bonchev–Trinajstić information content (AvgIpc) is 3.15. The van der Waals surface area contributed by atoms with E-state index in [1.54, 1.807) is 43.8 Å². The zero-order valence-electron chi connectivity index (χ0n) is 15.6. The maximum Gasteiger partial charge on any atom is 0.224 e. The molecule has 0 radical (unpaired) electrons. The third-order valence-electron chi connectivity index (χ3n) is 4.20. The van der Waals surface area contributed by atoms with Crippen molar-refractivity contribution in [2.75, 3.05) is 19.5 Å². The molecule has 0 fully saturated rings. The van der Waals surface area contributed by atoms with Gasteiger partial charge in [0.2, 0.25) is 5.91 Å². The Balaban J connectivity index is 1.59. The fraction of sp³-hybridized carbons (Fsp3) is 0.238. The van der Waals surface area contributed by atoms with Crippen molar-refractivity contribution < 1.29 is 14.3 Å². The largest absolute Gasteiger partial charge is 0.493 e. The van der Waals surface area contributed by atoms with Crippen molar-refractivity contribution in [3.8, 4) is 22.1 Å². The smallest absolute Gasteiger partial charge is 0.224 e. The number of nitrogens with zero attached hydrogens (tertiary/aromatic N) is 1. The fourth-order valence-corrected chi connectivity index (χ4v) is 3.68. The molecule has 0 bridgehead atoms. The number of benzene rings is 2. The molecular formula is C21H22N2O3S. The number of hydrogen-bond acceptors (Lipinski definition) is 5. The SMILES string of the molecule is COc1ccc(NC(=O)CCc2csc(-c3ccccc3C)n2)cc1OC. The number of carbonyl (C=O) groups excluding carboxylic acids is 1. The Bertz CT molecular complexity index is 937. The molecule has 0 spiro atoms. The van der Waals surface area contributed by atoms with Gasteiger partial charge in [0.1, 0.15) is 5.01 Å². The number of ether oxygens (including phenoxy) is 2. The van der Waals surface area contributed by atoms with Crippen LogP contribution in [0.15, 0.2) is 47.8 Å². The van der Waals surface area contributed by atoms with Gasteiger partial charge in [-0.15, -0.1) is 11.3 Å². The van der Waals surface area contributed by atoms with E-state index >= 15 is 0 Å². The fourth-order valence-electron chi connectivity index (χ4n) is 2.74. The number of aryl methyl sites for hydroxylation is 2. The monoisotopic (exact) mass is 382 g/mol. The number of thiazole rings is 1. The first-order valence-electron chi connectivity index (χ1n) is 8.63. The lowest BCUT2D eigenvalue weighted by molar-refractivity contribution is -0.116. The molecule has 0 saturated heterocycles. The summed E-state index contributed by atoms with van der Waals surface area (Å²) in [6.45, 7) is 2.08. The number of carbonyl (C=O) groups is 1. The molecule has 27 heavy (non-hydrogen) atoms. The van der Waals surface area contributed by atoms with Crippen molar-refractivity contribution in [3.63, 3.8) is 0 Å². The molecule has 1 N–H and O–H groups in total. The first-order chi connectivity index (χ1) is 13.1. The number of amides is 1. The summed E-state index contributed by atoms with van der Waals surface area (Å²) in [5, 5.41) is 5.90. The van der Waals surface area contributed by atoms with Gasteiger partial charge in [-0.05, 0) is 31.0 Å². The summed E-state index contributed by atoms with van der Waals surface area (Å²) < 4.78 is 10.5. The highest BCUT2D eigenvalue weighted by Crippen LogP contribution is 2.30. The van der Waals surface area contributed by atoms with Crippen LogP contribution in [0.1, 0.15) is 17.7 Å². The van der Waals surface area contributed by atoms with E-state index in [0.29, 0.717) is 30.0 Å². The van der Waals surface area contributed by atoms with Crippen molar-refractivity contribution in [2.45, 2.75) is 19.8 Å². The van der Waals surface area contributed by atoms with Gasteiger partial charge in [0, 0.05) is 29.1 Å². The van der Waals surface area contributed by atoms with E-state index in [0.717, 1.165) is 16.3 Å². The van der Waals surface area contributed by atoms with E-state index in [4.69, 9.17) is 9.47 Å². The Morgan fingerprint density at radius 3 is 2.63 bits per heavy atom. The summed E-state index contributed by atoms with van der Waals surface area (Å²) in [5.41, 5.74) is 3.95. The van der Waals surface area contributed by atoms with Gasteiger partial charge in [-0.3, -0.25) is 4.79 Å². The Morgan fingerprint density at radius 2 is 1.89 bits per heavy atom. The predicted octanol–water partition coefficient (Wildman–Crippen LogP) is 4.71. The Kier molecular flexibility index (Phi) is 6.08. The molecule has 0 saturated carbocycles. The van der Waals surface area contributed by atoms with Crippen molar-refractivity contribution in [2.24, 2.45) is 0 Å². The summed E-state index contributed by atoms with van der Waals surface area (Å²) in [6, 6.07) is 13.5. The normalized spacial score (nSPS) is 10.5. The zero-order chi connectivity index (χ0) is 19.2. The van der Waals surface area contributed by atoms with Gasteiger partial charge in [0.05, 0.1) is 19.9 Å². The molecule has 0 aliphatic carbocycles. The molecule has 140 valence electrons. The summed E-state index contributed by atoms with van der Waals surface area (Å²) in [4.78, 5) is 16.9. The van der Waals surface area contributed by atoms with Crippen LogP contribution in [0.4, 0.5) is 5.69 Å². The van der Waals surface area contributed by atoms with Crippen molar-refractivity contribution >= 4 is 22.9 Å². The van der Waals surface area contributed by atoms with E-state index in [2.05, 4.69) is 29.4 Å². The number of hydrogen-bond donors (Lipinski definition) is 1. The van der Waals surface area contributed by atoms with Crippen LogP contribution >= 0.6 is 11.3 Å². The maximum atomic E-state index is 12.3. The van der Waals surface area contributed by atoms with Crippen LogP contribution in [0.25, 0.3) is 10.6 Å². The van der Waals surface area contributed by atoms with E-state index in [-0.39, 0.29) is 5.91 Å². The second-order valence-electron chi connectivity index (χ2n) is 6.08. The first-order valence-corrected chi connectivity index (χ1v) is 9.51. The Labute approximate surface area is 163 Å². The highest BCUT2D eigenvalue weighted by Gasteiger charge is 2.10. The minimum atomic E-state index is -0.0624. The molecule has 3 aromatic rings. The van der Waals surface area contributed by atoms with Crippen LogP contribution in [0, 0.1) is 6.92 Å². The van der Waals surface area contributed by atoms with E-state index in [1.807, 2.05) is 17.5 Å². The molecule has 2 aromatic carbocycles. The van der Waals surface area contributed by atoms with Gasteiger partial charge in [-0.2, -0.15) is 0 Å². The van der Waals surface area contributed by atoms with Gasteiger partial charge < -0.3 is 14.8 Å². The molecule has 3 rings (SSSR count). The summed E-state index contributed by atoms with van der Waals surface area (Å²) in [6.07, 6.45) is 0.965. The van der Waals surface area contributed by atoms with Crippen LogP contribution in [-0.2, 0) is 11.2 Å². The lowest BCUT2D eigenvalue weighted by Gasteiger charge is -2.10. The van der Waals surface area contributed by atoms with Crippen LogP contribution in [0.3, 0.4) is 0 Å². The number of methoxy groups -OCH3 is 2. The van der Waals surface area contributed by atoms with Gasteiger partial charge in [0.15, 0.2) is 11.5 Å². The Hall–Kier alpha value is -2.86. The number of anilines is 1. The third-order valence-corrected chi connectivity index (χ3v) is 5.13. The number of aromatic nitrogens is 1. The van der Waals surface area contributed by atoms with E-state index < -0.39 is 0 Å². The predicted molar refractivity (Wildman–Crippen MR) is 109 cm³/mol. The lowest BCUT2D eigenvalue weighted by Crippen LogP contribution is -2.12. The summed E-state index contributed by atoms with van der Waals surface area (Å²) in [7, 11) is 3.15. The highest BCUT2D eigenvalue weighted by molar-refractivity contribution is 7.13. The van der Waals surface area contributed by atoms with Crippen LogP contribution in [-0.4, -0.2) is 25.1 Å². The first kappa shape index (κ1) is 18.9. The molecule has 5 nitrogen and oxygen atoms in total. The quantitative estimate of drug-likeness (QED) is 0.643. The van der Waals surface area contributed by atoms with Crippen molar-refractivity contribution in [1.82, 2.24) is 4.98 Å². The van der Waals surface area contributed by atoms with E-state index in [1.165, 1.54) is 5.56 Å². The third kappa shape index (κ3) is 4.65. The average molecular weight is 382 g/mol.